The van der Waals surface area contributed by atoms with E-state index in [2.05, 4.69) is 6.58 Å². The lowest BCUT2D eigenvalue weighted by molar-refractivity contribution is -0.143. The number of nitrogens with zero attached hydrogens (tertiary/aromatic N) is 2. The molecule has 2 amide bonds. The number of aromatic nitrogens is 1. The summed E-state index contributed by atoms with van der Waals surface area (Å²) in [5, 5.41) is 0.587. The monoisotopic (exact) mass is 370 g/mol. The first kappa shape index (κ1) is 18.0. The number of fused-ring (bicyclic) bond motifs is 1. The molecule has 2 heterocycles. The highest BCUT2D eigenvalue weighted by Gasteiger charge is 2.34. The number of amides is 2. The normalized spacial score (nSPS) is 15.9. The van der Waals surface area contributed by atoms with E-state index in [4.69, 9.17) is 4.74 Å². The van der Waals surface area contributed by atoms with E-state index >= 15 is 0 Å². The van der Waals surface area contributed by atoms with E-state index in [1.807, 2.05) is 24.3 Å². The topological polar surface area (TPSA) is 68.6 Å². The minimum atomic E-state index is -0.331. The van der Waals surface area contributed by atoms with Gasteiger partial charge in [0.25, 0.3) is 11.1 Å². The summed E-state index contributed by atoms with van der Waals surface area (Å²) >= 11 is 0.906. The summed E-state index contributed by atoms with van der Waals surface area (Å²) in [7, 11) is 0. The number of ether oxygens (including phenoxy) is 1. The molecule has 26 heavy (non-hydrogen) atoms. The van der Waals surface area contributed by atoms with E-state index < -0.39 is 0 Å². The highest BCUT2D eigenvalue weighted by molar-refractivity contribution is 8.18. The largest absolute Gasteiger partial charge is 0.465 e. The van der Waals surface area contributed by atoms with Gasteiger partial charge in [0.1, 0.15) is 6.54 Å². The number of esters is 1. The molecule has 0 saturated carbocycles. The second-order valence-corrected chi connectivity index (χ2v) is 6.61. The predicted octanol–water partition coefficient (Wildman–Crippen LogP) is 3.43. The average Bonchev–Trinajstić information content (AvgIpc) is 3.08. The van der Waals surface area contributed by atoms with Gasteiger partial charge in [0.15, 0.2) is 0 Å². The molecule has 1 aromatic heterocycles. The quantitative estimate of drug-likeness (QED) is 0.443. The molecule has 3 rings (SSSR count). The molecule has 0 aliphatic carbocycles. The number of thioether (sulfide) groups is 1. The van der Waals surface area contributed by atoms with Crippen molar-refractivity contribution in [1.82, 2.24) is 9.47 Å². The Hall–Kier alpha value is -2.80. The molecule has 0 atom stereocenters. The van der Waals surface area contributed by atoms with Gasteiger partial charge < -0.3 is 9.30 Å². The number of rotatable bonds is 6. The number of para-hydroxylation sites is 1. The number of hydrogen-bond donors (Lipinski definition) is 0. The van der Waals surface area contributed by atoms with Crippen LogP contribution in [-0.4, -0.2) is 39.7 Å². The number of imide groups is 1. The van der Waals surface area contributed by atoms with Gasteiger partial charge in [-0.05, 0) is 30.8 Å². The lowest BCUT2D eigenvalue weighted by Crippen LogP contribution is -2.27. The smallest absolute Gasteiger partial charge is 0.325 e. The first-order valence-electron chi connectivity index (χ1n) is 8.15. The van der Waals surface area contributed by atoms with Crippen LogP contribution < -0.4 is 0 Å². The van der Waals surface area contributed by atoms with Gasteiger partial charge >= 0.3 is 5.97 Å². The zero-order valence-electron chi connectivity index (χ0n) is 14.3. The molecule has 1 aliphatic heterocycles. The highest BCUT2D eigenvalue weighted by atomic mass is 32.2. The van der Waals surface area contributed by atoms with Crippen LogP contribution in [-0.2, 0) is 20.9 Å². The van der Waals surface area contributed by atoms with Crippen LogP contribution in [0.2, 0.25) is 0 Å². The Morgan fingerprint density at radius 1 is 1.31 bits per heavy atom. The highest BCUT2D eigenvalue weighted by Crippen LogP contribution is 2.34. The summed E-state index contributed by atoms with van der Waals surface area (Å²) in [6.07, 6.45) is 5.01. The van der Waals surface area contributed by atoms with Crippen LogP contribution in [0.25, 0.3) is 17.0 Å². The Balaban J connectivity index is 1.98. The fourth-order valence-electron chi connectivity index (χ4n) is 2.79. The molecule has 0 radical (unpaired) electrons. The van der Waals surface area contributed by atoms with E-state index in [0.29, 0.717) is 11.5 Å². The van der Waals surface area contributed by atoms with Crippen molar-refractivity contribution in [3.8, 4) is 0 Å². The van der Waals surface area contributed by atoms with E-state index in [0.717, 1.165) is 33.1 Å². The van der Waals surface area contributed by atoms with Crippen molar-refractivity contribution in [2.24, 2.45) is 0 Å². The zero-order valence-corrected chi connectivity index (χ0v) is 15.1. The minimum absolute atomic E-state index is 0.0835. The molecule has 0 spiro atoms. The Kier molecular flexibility index (Phi) is 5.27. The van der Waals surface area contributed by atoms with Gasteiger partial charge in [-0.15, -0.1) is 6.58 Å². The first-order chi connectivity index (χ1) is 12.5. The lowest BCUT2D eigenvalue weighted by Gasteiger charge is -2.07. The standard InChI is InChI=1S/C19H18N2O4S/c1-3-9-21-18(23)16(26-19(21)24)10-13-11-20(12-17(22)25-4-2)15-8-6-5-7-14(13)15/h3,5-8,10-11H,1,4,9,12H2,2H3/b16-10+. The van der Waals surface area contributed by atoms with E-state index in [1.54, 1.807) is 23.8 Å². The third-order valence-corrected chi connectivity index (χ3v) is 4.80. The second-order valence-electron chi connectivity index (χ2n) is 5.62. The van der Waals surface area contributed by atoms with E-state index in [-0.39, 0.29) is 30.2 Å². The average molecular weight is 370 g/mol. The van der Waals surface area contributed by atoms with Gasteiger partial charge in [-0.3, -0.25) is 19.3 Å². The Labute approximate surface area is 155 Å². The zero-order chi connectivity index (χ0) is 18.7. The maximum atomic E-state index is 12.4. The van der Waals surface area contributed by atoms with Crippen LogP contribution in [0.5, 0.6) is 0 Å². The van der Waals surface area contributed by atoms with Gasteiger partial charge in [-0.2, -0.15) is 0 Å². The molecular weight excluding hydrogens is 352 g/mol. The van der Waals surface area contributed by atoms with Gasteiger partial charge in [0.2, 0.25) is 0 Å². The van der Waals surface area contributed by atoms with Gasteiger partial charge in [-0.1, -0.05) is 24.3 Å². The number of carbonyl (C=O) groups excluding carboxylic acids is 3. The summed E-state index contributed by atoms with van der Waals surface area (Å²) in [5.41, 5.74) is 1.63. The minimum Gasteiger partial charge on any atom is -0.465 e. The molecule has 1 saturated heterocycles. The van der Waals surface area contributed by atoms with Crippen molar-refractivity contribution >= 4 is 45.9 Å². The van der Waals surface area contributed by atoms with Crippen molar-refractivity contribution in [2.75, 3.05) is 13.2 Å². The number of carbonyl (C=O) groups is 3. The second kappa shape index (κ2) is 7.61. The lowest BCUT2D eigenvalue weighted by atomic mass is 10.1. The molecule has 134 valence electrons. The van der Waals surface area contributed by atoms with E-state index in [1.165, 1.54) is 6.08 Å². The third-order valence-electron chi connectivity index (χ3n) is 3.90. The third kappa shape index (κ3) is 3.43. The molecule has 1 aliphatic rings. The Morgan fingerprint density at radius 2 is 2.08 bits per heavy atom. The molecule has 0 N–H and O–H groups in total. The summed E-state index contributed by atoms with van der Waals surface area (Å²) in [4.78, 5) is 37.7. The molecular formula is C19H18N2O4S. The SMILES string of the molecule is C=CCN1C(=O)S/C(=C/c2cn(CC(=O)OCC)c3ccccc23)C1=O. The van der Waals surface area contributed by atoms with Crippen molar-refractivity contribution < 1.29 is 19.1 Å². The maximum Gasteiger partial charge on any atom is 0.325 e. The van der Waals surface area contributed by atoms with Crippen LogP contribution in [0, 0.1) is 0 Å². The molecule has 7 heteroatoms. The van der Waals surface area contributed by atoms with Crippen LogP contribution in [0.4, 0.5) is 4.79 Å². The van der Waals surface area contributed by atoms with Gasteiger partial charge in [-0.25, -0.2) is 0 Å². The molecule has 2 aromatic rings. The van der Waals surface area contributed by atoms with Crippen LogP contribution >= 0.6 is 11.8 Å². The van der Waals surface area contributed by atoms with Gasteiger partial charge in [0, 0.05) is 29.2 Å². The Bertz CT molecular complexity index is 929. The first-order valence-corrected chi connectivity index (χ1v) is 8.96. The fraction of sp³-hybridized carbons (Fsp3) is 0.211. The van der Waals surface area contributed by atoms with E-state index in [9.17, 15) is 14.4 Å². The summed E-state index contributed by atoms with van der Waals surface area (Å²) in [6, 6.07) is 7.58. The Morgan fingerprint density at radius 3 is 2.81 bits per heavy atom. The molecule has 1 aromatic carbocycles. The number of hydrogen-bond acceptors (Lipinski definition) is 5. The van der Waals surface area contributed by atoms with Crippen LogP contribution in [0.3, 0.4) is 0 Å². The van der Waals surface area contributed by atoms with Crippen LogP contribution in [0.1, 0.15) is 12.5 Å². The fourth-order valence-corrected chi connectivity index (χ4v) is 3.63. The summed E-state index contributed by atoms with van der Waals surface area (Å²) < 4.78 is 6.80. The van der Waals surface area contributed by atoms with Gasteiger partial charge in [0.05, 0.1) is 11.5 Å². The van der Waals surface area contributed by atoms with Crippen molar-refractivity contribution in [3.63, 3.8) is 0 Å². The molecule has 1 fully saturated rings. The maximum absolute atomic E-state index is 12.4. The molecule has 0 unspecified atom stereocenters. The van der Waals surface area contributed by atoms with Crippen molar-refractivity contribution in [2.45, 2.75) is 13.5 Å². The van der Waals surface area contributed by atoms with Crippen LogP contribution in [0.15, 0.2) is 48.0 Å². The molecule has 0 bridgehead atoms. The molecule has 6 nitrogen and oxygen atoms in total. The van der Waals surface area contributed by atoms with Crippen molar-refractivity contribution in [3.05, 3.63) is 53.6 Å². The predicted molar refractivity (Wildman–Crippen MR) is 101 cm³/mol. The van der Waals surface area contributed by atoms with Crippen molar-refractivity contribution in [1.29, 1.82) is 0 Å². The number of benzene rings is 1. The summed E-state index contributed by atoms with van der Waals surface area (Å²) in [6.45, 7) is 5.92. The summed E-state index contributed by atoms with van der Waals surface area (Å²) in [5.74, 6) is -0.659.